The summed E-state index contributed by atoms with van der Waals surface area (Å²) in [5, 5.41) is 1.01. The Morgan fingerprint density at radius 3 is 3.05 bits per heavy atom. The molecule has 0 radical (unpaired) electrons. The fraction of sp³-hybridized carbons (Fsp3) is 0.467. The molecule has 2 aromatic rings. The summed E-state index contributed by atoms with van der Waals surface area (Å²) in [6.45, 7) is 1.86. The molecule has 1 unspecified atom stereocenters. The Morgan fingerprint density at radius 1 is 1.43 bits per heavy atom. The molecule has 2 atom stereocenters. The molecule has 1 fully saturated rings. The second-order valence-electron chi connectivity index (χ2n) is 5.39. The van der Waals surface area contributed by atoms with Crippen LogP contribution in [0.1, 0.15) is 6.42 Å². The topological polar surface area (TPSA) is 55.3 Å². The summed E-state index contributed by atoms with van der Waals surface area (Å²) in [4.78, 5) is 11.1. The van der Waals surface area contributed by atoms with E-state index in [0.717, 1.165) is 47.7 Å². The zero-order valence-electron chi connectivity index (χ0n) is 12.3. The third-order valence-electron chi connectivity index (χ3n) is 3.88. The summed E-state index contributed by atoms with van der Waals surface area (Å²) in [6, 6.07) is 5.90. The predicted molar refractivity (Wildman–Crippen MR) is 85.3 cm³/mol. The highest BCUT2D eigenvalue weighted by Gasteiger charge is 2.25. The number of aromatic nitrogens is 2. The fourth-order valence-electron chi connectivity index (χ4n) is 2.96. The average molecular weight is 305 g/mol. The van der Waals surface area contributed by atoms with Crippen molar-refractivity contribution in [2.45, 2.75) is 6.42 Å². The van der Waals surface area contributed by atoms with Gasteiger partial charge in [-0.15, -0.1) is 0 Å². The van der Waals surface area contributed by atoms with Gasteiger partial charge in [-0.05, 0) is 24.5 Å². The Hall–Kier alpha value is -1.69. The molecule has 3 rings (SSSR count). The quantitative estimate of drug-likeness (QED) is 0.863. The van der Waals surface area contributed by atoms with Gasteiger partial charge in [0.1, 0.15) is 23.4 Å². The maximum absolute atomic E-state index is 11.4. The number of hydrogen-bond donors (Lipinski definition) is 0. The van der Waals surface area contributed by atoms with Crippen molar-refractivity contribution < 1.29 is 8.95 Å². The van der Waals surface area contributed by atoms with Gasteiger partial charge in [0.15, 0.2) is 0 Å². The molecule has 5 nitrogen and oxygen atoms in total. The monoisotopic (exact) mass is 305 g/mol. The van der Waals surface area contributed by atoms with E-state index in [-0.39, 0.29) is 0 Å². The summed E-state index contributed by atoms with van der Waals surface area (Å²) >= 11 is 0. The minimum Gasteiger partial charge on any atom is -0.494 e. The number of nitrogens with zero attached hydrogens (tertiary/aromatic N) is 3. The van der Waals surface area contributed by atoms with Crippen LogP contribution < -0.4 is 9.64 Å². The van der Waals surface area contributed by atoms with E-state index >= 15 is 0 Å². The molecular formula is C15H19N3O2S. The van der Waals surface area contributed by atoms with Crippen LogP contribution in [0, 0.1) is 5.92 Å². The number of para-hydroxylation sites is 1. The molecule has 0 amide bonds. The highest BCUT2D eigenvalue weighted by atomic mass is 32.2. The lowest BCUT2D eigenvalue weighted by atomic mass is 10.2. The highest BCUT2D eigenvalue weighted by molar-refractivity contribution is 7.84. The van der Waals surface area contributed by atoms with Gasteiger partial charge in [-0.1, -0.05) is 6.07 Å². The first-order valence-electron chi connectivity index (χ1n) is 7.01. The van der Waals surface area contributed by atoms with Gasteiger partial charge in [-0.3, -0.25) is 4.21 Å². The summed E-state index contributed by atoms with van der Waals surface area (Å²) in [7, 11) is 0.913. The van der Waals surface area contributed by atoms with Crippen molar-refractivity contribution in [1.29, 1.82) is 0 Å². The van der Waals surface area contributed by atoms with Crippen molar-refractivity contribution in [3.8, 4) is 5.75 Å². The van der Waals surface area contributed by atoms with E-state index in [0.29, 0.717) is 5.92 Å². The molecule has 1 aromatic carbocycles. The summed E-state index contributed by atoms with van der Waals surface area (Å²) in [5.41, 5.74) is 0.840. The molecule has 2 heterocycles. The van der Waals surface area contributed by atoms with Crippen LogP contribution in [0.2, 0.25) is 0 Å². The van der Waals surface area contributed by atoms with Crippen LogP contribution in [0.15, 0.2) is 24.5 Å². The number of fused-ring (bicyclic) bond motifs is 1. The van der Waals surface area contributed by atoms with Crippen LogP contribution in [-0.2, 0) is 10.8 Å². The normalized spacial score (nSPS) is 19.9. The van der Waals surface area contributed by atoms with Gasteiger partial charge < -0.3 is 9.64 Å². The minimum atomic E-state index is -0.738. The number of rotatable bonds is 4. The Balaban J connectivity index is 1.93. The van der Waals surface area contributed by atoms with Crippen molar-refractivity contribution in [3.05, 3.63) is 24.5 Å². The molecule has 1 aliphatic rings. The third-order valence-corrected chi connectivity index (χ3v) is 4.82. The lowest BCUT2D eigenvalue weighted by Gasteiger charge is -2.19. The summed E-state index contributed by atoms with van der Waals surface area (Å²) in [6.07, 6.45) is 4.42. The molecule has 6 heteroatoms. The van der Waals surface area contributed by atoms with Crippen LogP contribution in [-0.4, -0.2) is 46.4 Å². The first-order valence-corrected chi connectivity index (χ1v) is 8.74. The van der Waals surface area contributed by atoms with Gasteiger partial charge in [0, 0.05) is 41.3 Å². The molecule has 1 aromatic heterocycles. The van der Waals surface area contributed by atoms with Crippen LogP contribution in [0.3, 0.4) is 0 Å². The Kier molecular flexibility index (Phi) is 4.05. The number of hydrogen-bond acceptors (Lipinski definition) is 5. The first-order chi connectivity index (χ1) is 10.2. The molecule has 21 heavy (non-hydrogen) atoms. The maximum Gasteiger partial charge on any atom is 0.145 e. The van der Waals surface area contributed by atoms with Crippen LogP contribution in [0.5, 0.6) is 5.75 Å². The van der Waals surface area contributed by atoms with Gasteiger partial charge in [-0.25, -0.2) is 9.97 Å². The van der Waals surface area contributed by atoms with Crippen molar-refractivity contribution in [3.63, 3.8) is 0 Å². The number of ether oxygens (including phenoxy) is 1. The van der Waals surface area contributed by atoms with Crippen LogP contribution in [0.4, 0.5) is 5.82 Å². The zero-order chi connectivity index (χ0) is 14.8. The lowest BCUT2D eigenvalue weighted by molar-refractivity contribution is 0.419. The zero-order valence-corrected chi connectivity index (χ0v) is 13.1. The third kappa shape index (κ3) is 2.85. The highest BCUT2D eigenvalue weighted by Crippen LogP contribution is 2.31. The Morgan fingerprint density at radius 2 is 2.29 bits per heavy atom. The Bertz CT molecular complexity index is 677. The van der Waals surface area contributed by atoms with Crippen molar-refractivity contribution in [1.82, 2.24) is 9.97 Å². The maximum atomic E-state index is 11.4. The molecular weight excluding hydrogens is 286 g/mol. The second kappa shape index (κ2) is 5.97. The standard InChI is InChI=1S/C15H19N3O2S/c1-20-13-5-3-4-12-14(13)16-10-17-15(12)18-7-6-11(8-18)9-21(2)19/h3-5,10-11H,6-9H2,1-2H3/t11-,21?/m1/s1. The van der Waals surface area contributed by atoms with E-state index in [1.54, 1.807) is 19.7 Å². The molecule has 0 saturated carbocycles. The predicted octanol–water partition coefficient (Wildman–Crippen LogP) is 1.84. The van der Waals surface area contributed by atoms with Gasteiger partial charge in [0.25, 0.3) is 0 Å². The van der Waals surface area contributed by atoms with Crippen molar-refractivity contribution in [2.24, 2.45) is 5.92 Å². The van der Waals surface area contributed by atoms with E-state index in [9.17, 15) is 4.21 Å². The first kappa shape index (κ1) is 14.3. The minimum absolute atomic E-state index is 0.478. The molecule has 0 bridgehead atoms. The van der Waals surface area contributed by atoms with Crippen molar-refractivity contribution in [2.75, 3.05) is 37.1 Å². The molecule has 0 aliphatic carbocycles. The SMILES string of the molecule is COc1cccc2c(N3CC[C@@H](CS(C)=O)C3)ncnc12. The van der Waals surface area contributed by atoms with Crippen LogP contribution >= 0.6 is 0 Å². The van der Waals surface area contributed by atoms with E-state index in [4.69, 9.17) is 4.74 Å². The number of anilines is 1. The summed E-state index contributed by atoms with van der Waals surface area (Å²) in [5.74, 6) is 2.96. The summed E-state index contributed by atoms with van der Waals surface area (Å²) < 4.78 is 16.8. The number of benzene rings is 1. The van der Waals surface area contributed by atoms with Gasteiger partial charge in [0.2, 0.25) is 0 Å². The van der Waals surface area contributed by atoms with E-state index < -0.39 is 10.8 Å². The van der Waals surface area contributed by atoms with Crippen LogP contribution in [0.25, 0.3) is 10.9 Å². The van der Waals surface area contributed by atoms with E-state index in [1.165, 1.54) is 0 Å². The molecule has 112 valence electrons. The Labute approximate surface area is 126 Å². The fourth-order valence-corrected chi connectivity index (χ4v) is 3.89. The second-order valence-corrected chi connectivity index (χ2v) is 6.87. The molecule has 0 N–H and O–H groups in total. The molecule has 1 aliphatic heterocycles. The van der Waals surface area contributed by atoms with E-state index in [1.807, 2.05) is 18.2 Å². The smallest absolute Gasteiger partial charge is 0.145 e. The van der Waals surface area contributed by atoms with Gasteiger partial charge in [-0.2, -0.15) is 0 Å². The molecule has 1 saturated heterocycles. The van der Waals surface area contributed by atoms with Gasteiger partial charge in [0.05, 0.1) is 7.11 Å². The van der Waals surface area contributed by atoms with E-state index in [2.05, 4.69) is 14.9 Å². The lowest BCUT2D eigenvalue weighted by Crippen LogP contribution is -2.22. The largest absolute Gasteiger partial charge is 0.494 e. The number of methoxy groups -OCH3 is 1. The molecule has 0 spiro atoms. The van der Waals surface area contributed by atoms with Gasteiger partial charge >= 0.3 is 0 Å². The van der Waals surface area contributed by atoms with Crippen molar-refractivity contribution >= 4 is 27.5 Å². The average Bonchev–Trinajstić information content (AvgIpc) is 2.93.